The molecule has 0 aliphatic carbocycles. The minimum atomic E-state index is -3.08. The third-order valence-electron chi connectivity index (χ3n) is 4.42. The van der Waals surface area contributed by atoms with Gasteiger partial charge in [-0.2, -0.15) is 4.99 Å². The fourth-order valence-electron chi connectivity index (χ4n) is 2.87. The van der Waals surface area contributed by atoms with Crippen LogP contribution in [0.1, 0.15) is 20.3 Å². The Hall–Kier alpha value is -1.05. The molecule has 0 bridgehead atoms. The molecule has 3 rings (SSSR count). The Morgan fingerprint density at radius 3 is 2.79 bits per heavy atom. The lowest BCUT2D eigenvalue weighted by Gasteiger charge is -2.25. The lowest BCUT2D eigenvalue weighted by atomic mass is 10.1. The molecule has 0 spiro atoms. The zero-order valence-corrected chi connectivity index (χ0v) is 15.9. The third kappa shape index (κ3) is 3.34. The normalized spacial score (nSPS) is 28.1. The molecule has 5 nitrogen and oxygen atoms in total. The van der Waals surface area contributed by atoms with Crippen molar-refractivity contribution in [3.05, 3.63) is 29.3 Å². The van der Waals surface area contributed by atoms with Crippen molar-refractivity contribution in [2.75, 3.05) is 16.4 Å². The summed E-state index contributed by atoms with van der Waals surface area (Å²) in [4.78, 5) is 18.4. The van der Waals surface area contributed by atoms with Crippen LogP contribution >= 0.6 is 23.4 Å². The second-order valence-corrected chi connectivity index (χ2v) is 9.93. The minimum Gasteiger partial charge on any atom is -0.314 e. The minimum absolute atomic E-state index is 0.0619. The Morgan fingerprint density at radius 1 is 1.42 bits per heavy atom. The predicted octanol–water partition coefficient (Wildman–Crippen LogP) is 2.99. The van der Waals surface area contributed by atoms with E-state index in [4.69, 9.17) is 11.6 Å². The summed E-state index contributed by atoms with van der Waals surface area (Å²) in [7, 11) is -3.08. The molecule has 1 amide bonds. The molecular formula is C16H19ClN2O3S2. The van der Waals surface area contributed by atoms with Gasteiger partial charge in [0.2, 0.25) is 0 Å². The summed E-state index contributed by atoms with van der Waals surface area (Å²) in [5.41, 5.74) is 0.701. The molecule has 2 heterocycles. The maximum atomic E-state index is 12.3. The van der Waals surface area contributed by atoms with Gasteiger partial charge in [-0.15, -0.1) is 0 Å². The van der Waals surface area contributed by atoms with Crippen LogP contribution in [0.5, 0.6) is 0 Å². The van der Waals surface area contributed by atoms with E-state index in [9.17, 15) is 13.2 Å². The van der Waals surface area contributed by atoms with Gasteiger partial charge in [0.1, 0.15) is 0 Å². The van der Waals surface area contributed by atoms with Crippen LogP contribution in [0.2, 0.25) is 5.02 Å². The van der Waals surface area contributed by atoms with E-state index < -0.39 is 9.84 Å². The van der Waals surface area contributed by atoms with Crippen molar-refractivity contribution >= 4 is 50.0 Å². The van der Waals surface area contributed by atoms with Gasteiger partial charge in [0.15, 0.2) is 15.0 Å². The number of fused-ring (bicyclic) bond motifs is 1. The molecule has 24 heavy (non-hydrogen) atoms. The number of halogens is 1. The SMILES string of the molecule is CC[C@H](C)C(=O)N=C1S[C@H]2CS(=O)(=O)C[C@@H]2N1c1ccccc1Cl. The monoisotopic (exact) mass is 386 g/mol. The number of sulfone groups is 1. The largest absolute Gasteiger partial charge is 0.314 e. The summed E-state index contributed by atoms with van der Waals surface area (Å²) in [6.45, 7) is 3.79. The van der Waals surface area contributed by atoms with E-state index in [1.54, 1.807) is 6.07 Å². The second kappa shape index (κ2) is 6.69. The number of rotatable bonds is 3. The fourth-order valence-corrected chi connectivity index (χ4v) is 7.01. The fraction of sp³-hybridized carbons (Fsp3) is 0.500. The highest BCUT2D eigenvalue weighted by Gasteiger charge is 2.49. The van der Waals surface area contributed by atoms with Crippen LogP contribution in [-0.2, 0) is 14.6 Å². The van der Waals surface area contributed by atoms with Gasteiger partial charge in [-0.3, -0.25) is 4.79 Å². The average molecular weight is 387 g/mol. The highest BCUT2D eigenvalue weighted by atomic mass is 35.5. The topological polar surface area (TPSA) is 66.8 Å². The quantitative estimate of drug-likeness (QED) is 0.798. The van der Waals surface area contributed by atoms with Crippen LogP contribution in [0.3, 0.4) is 0 Å². The molecule has 1 aromatic rings. The van der Waals surface area contributed by atoms with E-state index in [1.807, 2.05) is 36.9 Å². The Bertz CT molecular complexity index is 794. The van der Waals surface area contributed by atoms with Gasteiger partial charge in [-0.1, -0.05) is 49.3 Å². The van der Waals surface area contributed by atoms with Crippen LogP contribution in [0.4, 0.5) is 5.69 Å². The summed E-state index contributed by atoms with van der Waals surface area (Å²) in [6, 6.07) is 7.02. The molecule has 0 N–H and O–H groups in total. The van der Waals surface area contributed by atoms with Gasteiger partial charge in [0.05, 0.1) is 28.3 Å². The molecular weight excluding hydrogens is 368 g/mol. The predicted molar refractivity (Wildman–Crippen MR) is 99.6 cm³/mol. The molecule has 2 aliphatic rings. The number of hydrogen-bond acceptors (Lipinski definition) is 4. The van der Waals surface area contributed by atoms with E-state index in [1.165, 1.54) is 11.8 Å². The number of nitrogens with zero attached hydrogens (tertiary/aromatic N) is 2. The van der Waals surface area contributed by atoms with E-state index in [0.29, 0.717) is 22.3 Å². The van der Waals surface area contributed by atoms with Crippen LogP contribution in [0.25, 0.3) is 0 Å². The number of benzene rings is 1. The first-order valence-electron chi connectivity index (χ1n) is 7.85. The molecule has 2 saturated heterocycles. The number of carbonyl (C=O) groups excluding carboxylic acids is 1. The average Bonchev–Trinajstić information content (AvgIpc) is 2.98. The molecule has 2 fully saturated rings. The smallest absolute Gasteiger partial charge is 0.250 e. The Labute approximate surface area is 151 Å². The molecule has 0 radical (unpaired) electrons. The second-order valence-electron chi connectivity index (χ2n) is 6.16. The van der Waals surface area contributed by atoms with Gasteiger partial charge < -0.3 is 4.90 Å². The lowest BCUT2D eigenvalue weighted by molar-refractivity contribution is -0.121. The van der Waals surface area contributed by atoms with Crippen molar-refractivity contribution in [2.45, 2.75) is 31.6 Å². The standard InChI is InChI=1S/C16H19ClN2O3S2/c1-3-10(2)15(20)18-16-19(12-7-5-4-6-11(12)17)13-8-24(21,22)9-14(13)23-16/h4-7,10,13-14H,3,8-9H2,1-2H3/t10-,13-,14-/m0/s1. The number of thioether (sulfide) groups is 1. The van der Waals surface area contributed by atoms with E-state index >= 15 is 0 Å². The number of para-hydroxylation sites is 1. The maximum Gasteiger partial charge on any atom is 0.250 e. The van der Waals surface area contributed by atoms with Gasteiger partial charge in [0, 0.05) is 11.2 Å². The summed E-state index contributed by atoms with van der Waals surface area (Å²) in [5, 5.41) is 0.958. The van der Waals surface area contributed by atoms with Crippen molar-refractivity contribution in [1.29, 1.82) is 0 Å². The van der Waals surface area contributed by atoms with E-state index in [0.717, 1.165) is 0 Å². The molecule has 0 aromatic heterocycles. The summed E-state index contributed by atoms with van der Waals surface area (Å²) in [6.07, 6.45) is 0.716. The molecule has 1 aromatic carbocycles. The van der Waals surface area contributed by atoms with E-state index in [-0.39, 0.29) is 34.6 Å². The maximum absolute atomic E-state index is 12.3. The Balaban J connectivity index is 2.02. The third-order valence-corrected chi connectivity index (χ3v) is 7.95. The summed E-state index contributed by atoms with van der Waals surface area (Å²) in [5.74, 6) is -0.165. The molecule has 0 saturated carbocycles. The number of aliphatic imine (C=N–C) groups is 1. The highest BCUT2D eigenvalue weighted by Crippen LogP contribution is 2.43. The van der Waals surface area contributed by atoms with Gasteiger partial charge in [-0.25, -0.2) is 8.42 Å². The van der Waals surface area contributed by atoms with Crippen LogP contribution in [0.15, 0.2) is 29.3 Å². The summed E-state index contributed by atoms with van der Waals surface area (Å²) < 4.78 is 24.0. The summed E-state index contributed by atoms with van der Waals surface area (Å²) >= 11 is 7.69. The van der Waals surface area contributed by atoms with Crippen LogP contribution in [-0.4, -0.2) is 42.3 Å². The first kappa shape index (κ1) is 17.8. The van der Waals surface area contributed by atoms with Crippen molar-refractivity contribution < 1.29 is 13.2 Å². The first-order valence-corrected chi connectivity index (χ1v) is 10.9. The number of hydrogen-bond donors (Lipinski definition) is 0. The number of amidine groups is 1. The van der Waals surface area contributed by atoms with Gasteiger partial charge in [-0.05, 0) is 18.6 Å². The van der Waals surface area contributed by atoms with Crippen LogP contribution < -0.4 is 4.90 Å². The first-order chi connectivity index (χ1) is 11.3. The molecule has 2 aliphatic heterocycles. The van der Waals surface area contributed by atoms with E-state index in [2.05, 4.69) is 4.99 Å². The Kier molecular flexibility index (Phi) is 4.95. The zero-order chi connectivity index (χ0) is 17.5. The number of carbonyl (C=O) groups is 1. The van der Waals surface area contributed by atoms with Crippen molar-refractivity contribution in [2.24, 2.45) is 10.9 Å². The molecule has 8 heteroatoms. The molecule has 0 unspecified atom stereocenters. The van der Waals surface area contributed by atoms with Gasteiger partial charge in [0.25, 0.3) is 5.91 Å². The zero-order valence-electron chi connectivity index (χ0n) is 13.5. The van der Waals surface area contributed by atoms with Crippen LogP contribution in [0, 0.1) is 5.92 Å². The lowest BCUT2D eigenvalue weighted by Crippen LogP contribution is -2.38. The molecule has 130 valence electrons. The van der Waals surface area contributed by atoms with Crippen molar-refractivity contribution in [3.63, 3.8) is 0 Å². The highest BCUT2D eigenvalue weighted by molar-refractivity contribution is 8.16. The number of amides is 1. The number of anilines is 1. The molecule has 3 atom stereocenters. The van der Waals surface area contributed by atoms with Crippen molar-refractivity contribution in [1.82, 2.24) is 0 Å². The Morgan fingerprint density at radius 2 is 2.12 bits per heavy atom. The van der Waals surface area contributed by atoms with Crippen molar-refractivity contribution in [3.8, 4) is 0 Å². The van der Waals surface area contributed by atoms with Gasteiger partial charge >= 0.3 is 0 Å².